The predicted molar refractivity (Wildman–Crippen MR) is 118 cm³/mol. The first-order chi connectivity index (χ1) is 15.0. The summed E-state index contributed by atoms with van der Waals surface area (Å²) < 4.78 is 13.6. The van der Waals surface area contributed by atoms with Crippen LogP contribution in [0.15, 0.2) is 60.9 Å². The molecule has 0 amide bonds. The van der Waals surface area contributed by atoms with Crippen molar-refractivity contribution in [3.8, 4) is 11.4 Å². The first-order valence-electron chi connectivity index (χ1n) is 9.64. The van der Waals surface area contributed by atoms with Crippen LogP contribution in [0.3, 0.4) is 0 Å². The van der Waals surface area contributed by atoms with E-state index in [2.05, 4.69) is 20.3 Å². The van der Waals surface area contributed by atoms with Crippen LogP contribution in [0, 0.1) is 5.82 Å². The lowest BCUT2D eigenvalue weighted by molar-refractivity contribution is -0.137. The molecule has 2 N–H and O–H groups in total. The molecule has 0 saturated carbocycles. The van der Waals surface area contributed by atoms with Gasteiger partial charge in [0.15, 0.2) is 5.82 Å². The Morgan fingerprint density at radius 1 is 1.13 bits per heavy atom. The minimum Gasteiger partial charge on any atom is -0.481 e. The van der Waals surface area contributed by atoms with E-state index in [-0.39, 0.29) is 11.4 Å². The Hall–Kier alpha value is -3.58. The highest BCUT2D eigenvalue weighted by molar-refractivity contribution is 6.31. The van der Waals surface area contributed by atoms with Crippen LogP contribution in [0.25, 0.3) is 22.3 Å². The van der Waals surface area contributed by atoms with Crippen molar-refractivity contribution in [1.82, 2.24) is 15.0 Å². The lowest BCUT2D eigenvalue weighted by Crippen LogP contribution is -2.01. The van der Waals surface area contributed by atoms with Gasteiger partial charge in [0, 0.05) is 35.5 Å². The summed E-state index contributed by atoms with van der Waals surface area (Å²) in [5.74, 6) is -0.293. The molecule has 4 aromatic rings. The van der Waals surface area contributed by atoms with Gasteiger partial charge in [-0.15, -0.1) is 0 Å². The maximum Gasteiger partial charge on any atom is 0.303 e. The molecule has 4 rings (SSSR count). The van der Waals surface area contributed by atoms with Crippen LogP contribution in [-0.4, -0.2) is 26.0 Å². The number of anilines is 2. The number of halogens is 2. The first kappa shape index (κ1) is 20.7. The van der Waals surface area contributed by atoms with E-state index < -0.39 is 11.8 Å². The van der Waals surface area contributed by atoms with E-state index in [4.69, 9.17) is 16.7 Å². The molecule has 2 aromatic heterocycles. The number of carbonyl (C=O) groups is 1. The molecule has 0 aliphatic rings. The van der Waals surface area contributed by atoms with Crippen molar-refractivity contribution in [2.45, 2.75) is 19.3 Å². The minimum absolute atomic E-state index is 0.00482. The van der Waals surface area contributed by atoms with Gasteiger partial charge in [0.2, 0.25) is 0 Å². The van der Waals surface area contributed by atoms with Crippen LogP contribution in [0.4, 0.5) is 15.9 Å². The van der Waals surface area contributed by atoms with E-state index in [9.17, 15) is 9.18 Å². The van der Waals surface area contributed by atoms with Gasteiger partial charge in [-0.2, -0.15) is 0 Å². The minimum atomic E-state index is -0.819. The SMILES string of the molecule is O=C(O)CCCc1ccc2nc(-c3cccnc3)nc(Nc3ccc(F)c(Cl)c3)c2c1. The number of nitrogens with one attached hydrogen (secondary N) is 1. The summed E-state index contributed by atoms with van der Waals surface area (Å²) in [7, 11) is 0. The van der Waals surface area contributed by atoms with Gasteiger partial charge in [-0.05, 0) is 60.9 Å². The Morgan fingerprint density at radius 2 is 2.00 bits per heavy atom. The quantitative estimate of drug-likeness (QED) is 0.390. The molecule has 156 valence electrons. The number of aromatic nitrogens is 3. The first-order valence-corrected chi connectivity index (χ1v) is 10.0. The van der Waals surface area contributed by atoms with Crippen molar-refractivity contribution in [3.05, 3.63) is 77.3 Å². The third-order valence-electron chi connectivity index (χ3n) is 4.72. The van der Waals surface area contributed by atoms with E-state index in [1.165, 1.54) is 12.1 Å². The molecule has 0 fully saturated rings. The monoisotopic (exact) mass is 436 g/mol. The zero-order chi connectivity index (χ0) is 21.8. The summed E-state index contributed by atoms with van der Waals surface area (Å²) in [6.07, 6.45) is 4.61. The van der Waals surface area contributed by atoms with Crippen LogP contribution >= 0.6 is 11.6 Å². The molecule has 6 nitrogen and oxygen atoms in total. The van der Waals surface area contributed by atoms with Crippen LogP contribution < -0.4 is 5.32 Å². The van der Waals surface area contributed by atoms with Gasteiger partial charge in [-0.3, -0.25) is 9.78 Å². The number of hydrogen-bond acceptors (Lipinski definition) is 5. The van der Waals surface area contributed by atoms with Gasteiger partial charge in [-0.1, -0.05) is 17.7 Å². The van der Waals surface area contributed by atoms with Gasteiger partial charge in [-0.25, -0.2) is 14.4 Å². The lowest BCUT2D eigenvalue weighted by atomic mass is 10.1. The Morgan fingerprint density at radius 3 is 2.74 bits per heavy atom. The fourth-order valence-corrected chi connectivity index (χ4v) is 3.39. The summed E-state index contributed by atoms with van der Waals surface area (Å²) in [6.45, 7) is 0. The topological polar surface area (TPSA) is 88.0 Å². The molecule has 0 radical (unpaired) electrons. The van der Waals surface area contributed by atoms with Crippen LogP contribution in [0.1, 0.15) is 18.4 Å². The molecular formula is C23H18ClFN4O2. The lowest BCUT2D eigenvalue weighted by Gasteiger charge is -2.13. The van der Waals surface area contributed by atoms with Crippen molar-refractivity contribution in [3.63, 3.8) is 0 Å². The molecular weight excluding hydrogens is 419 g/mol. The largest absolute Gasteiger partial charge is 0.481 e. The average Bonchev–Trinajstić information content (AvgIpc) is 2.77. The number of pyridine rings is 1. The number of fused-ring (bicyclic) bond motifs is 1. The molecule has 31 heavy (non-hydrogen) atoms. The molecule has 0 spiro atoms. The van der Waals surface area contributed by atoms with Crippen molar-refractivity contribution in [2.24, 2.45) is 0 Å². The molecule has 0 bridgehead atoms. The van der Waals surface area contributed by atoms with Crippen LogP contribution in [-0.2, 0) is 11.2 Å². The van der Waals surface area contributed by atoms with Crippen molar-refractivity contribution in [1.29, 1.82) is 0 Å². The normalized spacial score (nSPS) is 10.9. The fourth-order valence-electron chi connectivity index (χ4n) is 3.20. The number of rotatable bonds is 7. The Labute approximate surface area is 182 Å². The van der Waals surface area contributed by atoms with E-state index in [1.54, 1.807) is 24.5 Å². The second-order valence-electron chi connectivity index (χ2n) is 6.99. The molecule has 0 aliphatic carbocycles. The Balaban J connectivity index is 1.77. The molecule has 2 heterocycles. The van der Waals surface area contributed by atoms with Gasteiger partial charge < -0.3 is 10.4 Å². The van der Waals surface area contributed by atoms with Crippen LogP contribution in [0.5, 0.6) is 0 Å². The number of hydrogen-bond donors (Lipinski definition) is 2. The molecule has 8 heteroatoms. The van der Waals surface area contributed by atoms with E-state index in [0.29, 0.717) is 35.7 Å². The molecule has 0 atom stereocenters. The standard InChI is InChI=1S/C23H18ClFN4O2/c24-18-12-16(7-8-19(18)25)27-23-17-11-14(3-1-5-21(30)31)6-9-20(17)28-22(29-23)15-4-2-10-26-13-15/h2,4,6-13H,1,3,5H2,(H,30,31)(H,27,28,29). The molecule has 0 aliphatic heterocycles. The summed E-state index contributed by atoms with van der Waals surface area (Å²) in [6, 6.07) is 13.8. The highest BCUT2D eigenvalue weighted by atomic mass is 35.5. The van der Waals surface area contributed by atoms with Gasteiger partial charge in [0.25, 0.3) is 0 Å². The van der Waals surface area contributed by atoms with Crippen molar-refractivity contribution < 1.29 is 14.3 Å². The summed E-state index contributed by atoms with van der Waals surface area (Å²) in [5, 5.41) is 12.9. The maximum atomic E-state index is 13.6. The maximum absolute atomic E-state index is 13.6. The smallest absolute Gasteiger partial charge is 0.303 e. The average molecular weight is 437 g/mol. The third-order valence-corrected chi connectivity index (χ3v) is 5.01. The Bertz CT molecular complexity index is 1250. The number of aryl methyl sites for hydroxylation is 1. The van der Waals surface area contributed by atoms with E-state index in [1.807, 2.05) is 24.3 Å². The van der Waals surface area contributed by atoms with Crippen LogP contribution in [0.2, 0.25) is 5.02 Å². The van der Waals surface area contributed by atoms with Gasteiger partial charge in [0.05, 0.1) is 10.5 Å². The van der Waals surface area contributed by atoms with Gasteiger partial charge >= 0.3 is 5.97 Å². The molecule has 2 aromatic carbocycles. The Kier molecular flexibility index (Phi) is 6.04. The second kappa shape index (κ2) is 9.06. The number of nitrogens with zero attached hydrogens (tertiary/aromatic N) is 3. The highest BCUT2D eigenvalue weighted by Crippen LogP contribution is 2.29. The number of carboxylic acid groups (broad SMARTS) is 1. The molecule has 0 saturated heterocycles. The summed E-state index contributed by atoms with van der Waals surface area (Å²) in [5.41, 5.74) is 3.04. The number of benzene rings is 2. The third kappa shape index (κ3) is 4.95. The van der Waals surface area contributed by atoms with Gasteiger partial charge in [0.1, 0.15) is 11.6 Å². The van der Waals surface area contributed by atoms with E-state index >= 15 is 0 Å². The zero-order valence-corrected chi connectivity index (χ0v) is 17.1. The summed E-state index contributed by atoms with van der Waals surface area (Å²) in [4.78, 5) is 24.3. The second-order valence-corrected chi connectivity index (χ2v) is 7.40. The molecule has 0 unspecified atom stereocenters. The van der Waals surface area contributed by atoms with E-state index in [0.717, 1.165) is 16.5 Å². The predicted octanol–water partition coefficient (Wildman–Crippen LogP) is 5.64. The highest BCUT2D eigenvalue weighted by Gasteiger charge is 2.12. The van der Waals surface area contributed by atoms with Crippen molar-refractivity contribution in [2.75, 3.05) is 5.32 Å². The number of aliphatic carboxylic acids is 1. The number of carboxylic acids is 1. The van der Waals surface area contributed by atoms with Crippen molar-refractivity contribution >= 4 is 40.0 Å². The fraction of sp³-hybridized carbons (Fsp3) is 0.130. The summed E-state index contributed by atoms with van der Waals surface area (Å²) >= 11 is 5.93. The zero-order valence-electron chi connectivity index (χ0n) is 16.3.